The Labute approximate surface area is 239 Å². The van der Waals surface area contributed by atoms with E-state index in [1.807, 2.05) is 0 Å². The summed E-state index contributed by atoms with van der Waals surface area (Å²) in [5.74, 6) is -1.27. The van der Waals surface area contributed by atoms with Crippen LogP contribution in [0.15, 0.2) is 82.6 Å². The minimum Gasteiger partial charge on any atom is -0.488 e. The molecule has 2 N–H and O–H groups in total. The molecule has 0 aromatic heterocycles. The van der Waals surface area contributed by atoms with Crippen molar-refractivity contribution in [3.05, 3.63) is 84.2 Å². The van der Waals surface area contributed by atoms with Crippen LogP contribution < -0.4 is 9.46 Å². The van der Waals surface area contributed by atoms with Gasteiger partial charge in [-0.05, 0) is 61.5 Å². The van der Waals surface area contributed by atoms with Gasteiger partial charge in [0.15, 0.2) is 0 Å². The molecular weight excluding hydrogens is 573 g/mol. The van der Waals surface area contributed by atoms with Gasteiger partial charge in [-0.15, -0.1) is 0 Å². The molecule has 0 fully saturated rings. The van der Waals surface area contributed by atoms with E-state index in [-0.39, 0.29) is 52.4 Å². The minimum absolute atomic E-state index is 0.0455. The number of fused-ring (bicyclic) bond motifs is 1. The van der Waals surface area contributed by atoms with Crippen LogP contribution in [0.2, 0.25) is 0 Å². The summed E-state index contributed by atoms with van der Waals surface area (Å²) in [6.07, 6.45) is -0.734. The SMILES string of the molecule is C[C@@H]1CN([C@H](C)CO)C(=O)c2cc(NS(=O)(=O)c3ccccc3)ccc2O[C@H]1CN(C)S(=O)(=O)c1ccc(F)cc1. The van der Waals surface area contributed by atoms with Gasteiger partial charge < -0.3 is 14.7 Å². The number of anilines is 1. The Morgan fingerprint density at radius 3 is 2.34 bits per heavy atom. The maximum atomic E-state index is 13.6. The Bertz CT molecular complexity index is 1600. The van der Waals surface area contributed by atoms with Crippen molar-refractivity contribution in [2.75, 3.05) is 31.5 Å². The number of carbonyl (C=O) groups excluding carboxylic acids is 1. The highest BCUT2D eigenvalue weighted by atomic mass is 32.2. The summed E-state index contributed by atoms with van der Waals surface area (Å²) < 4.78 is 75.3. The number of carbonyl (C=O) groups is 1. The Balaban J connectivity index is 1.68. The third-order valence-electron chi connectivity index (χ3n) is 6.93. The number of rotatable bonds is 9. The molecule has 1 aliphatic heterocycles. The minimum atomic E-state index is -3.99. The van der Waals surface area contributed by atoms with Gasteiger partial charge in [-0.2, -0.15) is 4.31 Å². The van der Waals surface area contributed by atoms with Crippen molar-refractivity contribution >= 4 is 31.6 Å². The van der Waals surface area contributed by atoms with Crippen LogP contribution in [0.25, 0.3) is 0 Å². The van der Waals surface area contributed by atoms with Gasteiger partial charge in [-0.25, -0.2) is 21.2 Å². The van der Waals surface area contributed by atoms with E-state index in [9.17, 15) is 31.1 Å². The summed E-state index contributed by atoms with van der Waals surface area (Å²) in [5.41, 5.74) is 0.182. The van der Waals surface area contributed by atoms with Gasteiger partial charge in [0.05, 0.1) is 34.5 Å². The molecule has 0 unspecified atom stereocenters. The number of nitrogens with one attached hydrogen (secondary N) is 1. The largest absolute Gasteiger partial charge is 0.488 e. The van der Waals surface area contributed by atoms with Gasteiger partial charge in [-0.1, -0.05) is 25.1 Å². The fourth-order valence-electron chi connectivity index (χ4n) is 4.46. The molecule has 4 rings (SSSR count). The highest BCUT2D eigenvalue weighted by Crippen LogP contribution is 2.32. The number of hydrogen-bond donors (Lipinski definition) is 2. The van der Waals surface area contributed by atoms with Gasteiger partial charge in [0.2, 0.25) is 10.0 Å². The van der Waals surface area contributed by atoms with E-state index < -0.39 is 43.9 Å². The Kier molecular flexibility index (Phi) is 9.02. The molecular formula is C28H32FN3O7S2. The number of halogens is 1. The number of aliphatic hydroxyl groups excluding tert-OH is 1. The summed E-state index contributed by atoms with van der Waals surface area (Å²) >= 11 is 0. The van der Waals surface area contributed by atoms with Gasteiger partial charge >= 0.3 is 0 Å². The smallest absolute Gasteiger partial charge is 0.261 e. The molecule has 3 aromatic rings. The van der Waals surface area contributed by atoms with Crippen LogP contribution in [-0.4, -0.2) is 75.9 Å². The van der Waals surface area contributed by atoms with E-state index in [1.54, 1.807) is 32.0 Å². The average Bonchev–Trinajstić information content (AvgIpc) is 2.95. The topological polar surface area (TPSA) is 133 Å². The number of amides is 1. The maximum Gasteiger partial charge on any atom is 0.261 e. The maximum absolute atomic E-state index is 13.6. The van der Waals surface area contributed by atoms with Crippen molar-refractivity contribution < 1.29 is 35.9 Å². The third-order valence-corrected chi connectivity index (χ3v) is 10.2. The lowest BCUT2D eigenvalue weighted by atomic mass is 9.99. The molecule has 0 saturated carbocycles. The van der Waals surface area contributed by atoms with Gasteiger partial charge in [-0.3, -0.25) is 9.52 Å². The van der Waals surface area contributed by atoms with Crippen molar-refractivity contribution in [1.29, 1.82) is 0 Å². The first-order chi connectivity index (χ1) is 19.3. The van der Waals surface area contributed by atoms with Gasteiger partial charge in [0.1, 0.15) is 17.7 Å². The standard InChI is InChI=1S/C28H32FN3O7S2/c1-19-16-32(20(2)18-33)28(34)25-15-22(30-40(35,36)23-7-5-4-6-8-23)11-14-26(25)39-27(19)17-31(3)41(37,38)24-12-9-21(29)10-13-24/h4-15,19-20,27,30,33H,16-18H2,1-3H3/t19-,20-,27+/m1/s1. The molecule has 0 aliphatic carbocycles. The molecule has 0 radical (unpaired) electrons. The second-order valence-electron chi connectivity index (χ2n) is 9.99. The number of benzene rings is 3. The van der Waals surface area contributed by atoms with E-state index in [0.29, 0.717) is 0 Å². The summed E-state index contributed by atoms with van der Waals surface area (Å²) in [6.45, 7) is 3.20. The Morgan fingerprint density at radius 1 is 1.05 bits per heavy atom. The van der Waals surface area contributed by atoms with Crippen molar-refractivity contribution in [2.24, 2.45) is 5.92 Å². The molecule has 1 amide bonds. The summed E-state index contributed by atoms with van der Waals surface area (Å²) in [4.78, 5) is 15.1. The first kappa shape index (κ1) is 30.4. The van der Waals surface area contributed by atoms with Crippen molar-refractivity contribution in [1.82, 2.24) is 9.21 Å². The van der Waals surface area contributed by atoms with Crippen molar-refractivity contribution in [3.8, 4) is 5.75 Å². The second-order valence-corrected chi connectivity index (χ2v) is 13.7. The molecule has 220 valence electrons. The fraction of sp³-hybridized carbons (Fsp3) is 0.321. The zero-order chi connectivity index (χ0) is 29.9. The lowest BCUT2D eigenvalue weighted by molar-refractivity contribution is 0.0387. The summed E-state index contributed by atoms with van der Waals surface area (Å²) in [5, 5.41) is 9.87. The Morgan fingerprint density at radius 2 is 1.71 bits per heavy atom. The van der Waals surface area contributed by atoms with Crippen molar-refractivity contribution in [3.63, 3.8) is 0 Å². The molecule has 3 aromatic carbocycles. The van der Waals surface area contributed by atoms with Crippen LogP contribution in [0.5, 0.6) is 5.75 Å². The Hall–Kier alpha value is -3.52. The predicted octanol–water partition coefficient (Wildman–Crippen LogP) is 3.17. The quantitative estimate of drug-likeness (QED) is 0.383. The average molecular weight is 606 g/mol. The fourth-order valence-corrected chi connectivity index (χ4v) is 6.71. The molecule has 1 aliphatic rings. The molecule has 0 spiro atoms. The second kappa shape index (κ2) is 12.1. The summed E-state index contributed by atoms with van der Waals surface area (Å²) in [7, 11) is -6.54. The molecule has 0 bridgehead atoms. The van der Waals surface area contributed by atoms with Crippen LogP contribution >= 0.6 is 0 Å². The molecule has 41 heavy (non-hydrogen) atoms. The van der Waals surface area contributed by atoms with E-state index in [1.165, 1.54) is 54.4 Å². The molecule has 0 saturated heterocycles. The molecule has 10 nitrogen and oxygen atoms in total. The number of ether oxygens (including phenoxy) is 1. The van der Waals surface area contributed by atoms with E-state index in [4.69, 9.17) is 4.74 Å². The number of likely N-dealkylation sites (N-methyl/N-ethyl adjacent to an activating group) is 1. The number of sulfonamides is 2. The molecule has 1 heterocycles. The number of aliphatic hydroxyl groups is 1. The lowest BCUT2D eigenvalue weighted by Crippen LogP contribution is -2.50. The molecule has 3 atom stereocenters. The van der Waals surface area contributed by atoms with Crippen molar-refractivity contribution in [2.45, 2.75) is 35.8 Å². The predicted molar refractivity (Wildman–Crippen MR) is 151 cm³/mol. The zero-order valence-electron chi connectivity index (χ0n) is 22.8. The zero-order valence-corrected chi connectivity index (χ0v) is 24.4. The molecule has 13 heteroatoms. The van der Waals surface area contributed by atoms with Crippen LogP contribution in [-0.2, 0) is 20.0 Å². The van der Waals surface area contributed by atoms with Gasteiger partial charge in [0.25, 0.3) is 15.9 Å². The number of hydrogen-bond acceptors (Lipinski definition) is 7. The van der Waals surface area contributed by atoms with Crippen LogP contribution in [0.3, 0.4) is 0 Å². The van der Waals surface area contributed by atoms with Crippen LogP contribution in [0.1, 0.15) is 24.2 Å². The first-order valence-corrected chi connectivity index (χ1v) is 15.8. The van der Waals surface area contributed by atoms with Crippen LogP contribution in [0, 0.1) is 11.7 Å². The normalized spacial score (nSPS) is 18.7. The monoisotopic (exact) mass is 605 g/mol. The van der Waals surface area contributed by atoms with Crippen LogP contribution in [0.4, 0.5) is 10.1 Å². The van der Waals surface area contributed by atoms with Gasteiger partial charge in [0, 0.05) is 25.2 Å². The third kappa shape index (κ3) is 6.70. The van der Waals surface area contributed by atoms with E-state index >= 15 is 0 Å². The highest BCUT2D eigenvalue weighted by Gasteiger charge is 2.35. The van der Waals surface area contributed by atoms with E-state index in [2.05, 4.69) is 4.72 Å². The highest BCUT2D eigenvalue weighted by molar-refractivity contribution is 7.92. The van der Waals surface area contributed by atoms with E-state index in [0.717, 1.165) is 16.4 Å². The first-order valence-electron chi connectivity index (χ1n) is 12.9. The lowest BCUT2D eigenvalue weighted by Gasteiger charge is -2.38. The summed E-state index contributed by atoms with van der Waals surface area (Å²) in [6, 6.07) is 15.9. The number of nitrogens with zero attached hydrogens (tertiary/aromatic N) is 2.